The minimum absolute atomic E-state index is 0.0540. The van der Waals surface area contributed by atoms with Crippen LogP contribution in [-0.4, -0.2) is 91.7 Å². The van der Waals surface area contributed by atoms with E-state index in [-0.39, 0.29) is 44.0 Å². The van der Waals surface area contributed by atoms with Crippen molar-refractivity contribution in [3.05, 3.63) is 0 Å². The van der Waals surface area contributed by atoms with Gasteiger partial charge in [-0.1, -0.05) is 5.92 Å². The summed E-state index contributed by atoms with van der Waals surface area (Å²) in [6.07, 6.45) is 5.32. The number of hydrogen-bond acceptors (Lipinski definition) is 8. The standard InChI is InChI=1S/C20H39N2O6P/c1-6-9-25-10-11-26-12-13-27-14-15-28-16-18-29(23,24,17-7-8-21)22(19(2)3)20(4)5/h1,19-20,23-24H,7,9-18H2,2-5H3. The molecule has 0 heterocycles. The fourth-order valence-electron chi connectivity index (χ4n) is 3.33. The van der Waals surface area contributed by atoms with Crippen molar-refractivity contribution in [1.29, 1.82) is 5.26 Å². The molecule has 0 saturated heterocycles. The number of hydrogen-bond donors (Lipinski definition) is 2. The summed E-state index contributed by atoms with van der Waals surface area (Å²) in [5, 5.41) is 8.94. The SMILES string of the molecule is C#CCOCCOCCOCCOCCP(O)(O)(CCC#N)N(C(C)C)C(C)C. The maximum atomic E-state index is 11.3. The summed E-state index contributed by atoms with van der Waals surface area (Å²) >= 11 is 0. The number of ether oxygens (including phenoxy) is 4. The van der Waals surface area contributed by atoms with Gasteiger partial charge in [-0.2, -0.15) is 0 Å². The Labute approximate surface area is 176 Å². The first-order valence-electron chi connectivity index (χ1n) is 10.1. The second-order valence-electron chi connectivity index (χ2n) is 7.36. The van der Waals surface area contributed by atoms with Gasteiger partial charge in [-0.3, -0.25) is 0 Å². The van der Waals surface area contributed by atoms with Crippen molar-refractivity contribution >= 4 is 7.21 Å². The molecule has 0 rings (SSSR count). The molecular formula is C20H39N2O6P. The molecule has 0 aliphatic carbocycles. The Morgan fingerprint density at radius 2 is 1.28 bits per heavy atom. The summed E-state index contributed by atoms with van der Waals surface area (Å²) in [6.45, 7) is 10.7. The van der Waals surface area contributed by atoms with Gasteiger partial charge in [-0.25, -0.2) is 0 Å². The topological polar surface area (TPSA) is 104 Å². The first-order valence-corrected chi connectivity index (χ1v) is 12.6. The average Bonchev–Trinajstić information content (AvgIpc) is 2.63. The van der Waals surface area contributed by atoms with E-state index in [0.717, 1.165) is 0 Å². The van der Waals surface area contributed by atoms with Crippen molar-refractivity contribution < 1.29 is 28.7 Å². The fraction of sp³-hybridized carbons (Fsp3) is 0.850. The van der Waals surface area contributed by atoms with Crippen LogP contribution in [0.15, 0.2) is 0 Å². The summed E-state index contributed by atoms with van der Waals surface area (Å²) in [7, 11) is -4.22. The quantitative estimate of drug-likeness (QED) is 0.192. The molecule has 0 bridgehead atoms. The van der Waals surface area contributed by atoms with Gasteiger partial charge in [0.05, 0.1) is 0 Å². The molecule has 0 spiro atoms. The van der Waals surface area contributed by atoms with E-state index in [0.29, 0.717) is 39.6 Å². The van der Waals surface area contributed by atoms with Crippen LogP contribution in [-0.2, 0) is 18.9 Å². The fourth-order valence-corrected chi connectivity index (χ4v) is 7.21. The predicted octanol–water partition coefficient (Wildman–Crippen LogP) is 2.00. The molecule has 9 heteroatoms. The van der Waals surface area contributed by atoms with Gasteiger partial charge in [0.1, 0.15) is 6.61 Å². The molecule has 0 unspecified atom stereocenters. The first-order chi connectivity index (χ1) is 13.7. The van der Waals surface area contributed by atoms with Crippen molar-refractivity contribution in [3.8, 4) is 18.4 Å². The zero-order valence-corrected chi connectivity index (χ0v) is 19.3. The van der Waals surface area contributed by atoms with Gasteiger partial charge in [-0.05, 0) is 0 Å². The van der Waals surface area contributed by atoms with Crippen LogP contribution < -0.4 is 0 Å². The molecule has 0 aromatic carbocycles. The zero-order chi connectivity index (χ0) is 22.2. The Morgan fingerprint density at radius 3 is 1.69 bits per heavy atom. The Kier molecular flexibility index (Phi) is 14.7. The molecular weight excluding hydrogens is 395 g/mol. The van der Waals surface area contributed by atoms with Crippen molar-refractivity contribution in [2.45, 2.75) is 46.2 Å². The van der Waals surface area contributed by atoms with Crippen LogP contribution in [0.1, 0.15) is 34.1 Å². The molecule has 0 aromatic rings. The summed E-state index contributed by atoms with van der Waals surface area (Å²) in [5.74, 6) is 2.38. The summed E-state index contributed by atoms with van der Waals surface area (Å²) in [4.78, 5) is 22.6. The summed E-state index contributed by atoms with van der Waals surface area (Å²) in [5.41, 5.74) is 0. The molecule has 0 amide bonds. The van der Waals surface area contributed by atoms with Gasteiger partial charge in [0, 0.05) is 0 Å². The van der Waals surface area contributed by atoms with Gasteiger partial charge in [0.15, 0.2) is 0 Å². The van der Waals surface area contributed by atoms with E-state index < -0.39 is 7.21 Å². The Morgan fingerprint density at radius 1 is 0.828 bits per heavy atom. The number of rotatable bonds is 18. The monoisotopic (exact) mass is 434 g/mol. The second kappa shape index (κ2) is 15.1. The predicted molar refractivity (Wildman–Crippen MR) is 116 cm³/mol. The van der Waals surface area contributed by atoms with Crippen molar-refractivity contribution in [1.82, 2.24) is 4.67 Å². The molecule has 0 fully saturated rings. The number of terminal acetylenes is 1. The molecule has 0 aliphatic rings. The van der Waals surface area contributed by atoms with E-state index in [2.05, 4.69) is 5.92 Å². The third-order valence-electron chi connectivity index (χ3n) is 4.27. The van der Waals surface area contributed by atoms with Gasteiger partial charge >= 0.3 is 157 Å². The Bertz CT molecular complexity index is 508. The number of nitrogens with zero attached hydrogens (tertiary/aromatic N) is 2. The van der Waals surface area contributed by atoms with Crippen LogP contribution in [0.5, 0.6) is 0 Å². The van der Waals surface area contributed by atoms with Crippen molar-refractivity contribution in [2.24, 2.45) is 0 Å². The summed E-state index contributed by atoms with van der Waals surface area (Å²) in [6, 6.07) is 1.92. The zero-order valence-electron chi connectivity index (χ0n) is 18.4. The first kappa shape index (κ1) is 28.2. The van der Waals surface area contributed by atoms with Gasteiger partial charge < -0.3 is 0 Å². The molecule has 0 aliphatic heterocycles. The molecule has 8 nitrogen and oxygen atoms in total. The second-order valence-corrected chi connectivity index (χ2v) is 11.4. The van der Waals surface area contributed by atoms with Crippen LogP contribution in [0, 0.1) is 23.7 Å². The van der Waals surface area contributed by atoms with Crippen LogP contribution in [0.2, 0.25) is 0 Å². The van der Waals surface area contributed by atoms with Crippen LogP contribution in [0.4, 0.5) is 0 Å². The number of nitriles is 1. The maximum absolute atomic E-state index is 11.3. The van der Waals surface area contributed by atoms with Crippen LogP contribution in [0.25, 0.3) is 0 Å². The molecule has 29 heavy (non-hydrogen) atoms. The molecule has 170 valence electrons. The van der Waals surface area contributed by atoms with Crippen LogP contribution >= 0.6 is 7.21 Å². The van der Waals surface area contributed by atoms with E-state index in [4.69, 9.17) is 30.6 Å². The Balaban J connectivity index is 4.19. The van der Waals surface area contributed by atoms with Crippen molar-refractivity contribution in [2.75, 3.05) is 65.2 Å². The van der Waals surface area contributed by atoms with Crippen LogP contribution in [0.3, 0.4) is 0 Å². The molecule has 0 radical (unpaired) electrons. The molecule has 0 atom stereocenters. The third-order valence-corrected chi connectivity index (χ3v) is 8.50. The van der Waals surface area contributed by atoms with Gasteiger partial charge in [-0.15, -0.1) is 6.42 Å². The van der Waals surface area contributed by atoms with Crippen molar-refractivity contribution in [3.63, 3.8) is 0 Å². The normalized spacial score (nSPS) is 13.4. The van der Waals surface area contributed by atoms with E-state index in [1.807, 2.05) is 33.8 Å². The van der Waals surface area contributed by atoms with Gasteiger partial charge in [0.25, 0.3) is 0 Å². The summed E-state index contributed by atoms with van der Waals surface area (Å²) < 4.78 is 23.1. The average molecular weight is 435 g/mol. The van der Waals surface area contributed by atoms with E-state index in [9.17, 15) is 9.79 Å². The molecule has 0 aromatic heterocycles. The molecule has 0 saturated carbocycles. The minimum atomic E-state index is -4.22. The van der Waals surface area contributed by atoms with E-state index in [1.54, 1.807) is 4.67 Å². The Hall–Kier alpha value is -0.800. The molecule has 2 N–H and O–H groups in total. The van der Waals surface area contributed by atoms with E-state index in [1.165, 1.54) is 0 Å². The van der Waals surface area contributed by atoms with E-state index >= 15 is 0 Å². The van der Waals surface area contributed by atoms with Gasteiger partial charge in [0.2, 0.25) is 0 Å². The third kappa shape index (κ3) is 11.8.